The van der Waals surface area contributed by atoms with Crippen LogP contribution in [-0.2, 0) is 9.53 Å². The summed E-state index contributed by atoms with van der Waals surface area (Å²) in [6, 6.07) is 17.6. The second kappa shape index (κ2) is 10.6. The van der Waals surface area contributed by atoms with Crippen LogP contribution in [-0.4, -0.2) is 46.1 Å². The van der Waals surface area contributed by atoms with E-state index in [1.54, 1.807) is 30.3 Å². The molecule has 1 aliphatic carbocycles. The molecule has 1 saturated carbocycles. The van der Waals surface area contributed by atoms with Gasteiger partial charge in [0.05, 0.1) is 36.4 Å². The standard InChI is InChI=1S/C24H26O7/c25-19(12-7-13-30-17-10-5-2-6-11-17)23-18(14-22(27)28)20(26)15-21(23)31-24(29)16-8-3-1-4-9-16/h1-6,8-12,18,20-21,23,25-26H,7,13-15H2,(H,27,28)/t18-,20-,21+,23-/m0/s1. The first-order valence-corrected chi connectivity index (χ1v) is 10.2. The summed E-state index contributed by atoms with van der Waals surface area (Å²) in [6.07, 6.45) is -0.233. The zero-order chi connectivity index (χ0) is 22.2. The van der Waals surface area contributed by atoms with Crippen molar-refractivity contribution >= 4 is 11.9 Å². The molecule has 0 spiro atoms. The Kier molecular flexibility index (Phi) is 7.67. The van der Waals surface area contributed by atoms with E-state index in [9.17, 15) is 24.9 Å². The largest absolute Gasteiger partial charge is 0.512 e. The van der Waals surface area contributed by atoms with E-state index in [0.29, 0.717) is 24.3 Å². The van der Waals surface area contributed by atoms with Gasteiger partial charge in [-0.15, -0.1) is 0 Å². The summed E-state index contributed by atoms with van der Waals surface area (Å²) in [4.78, 5) is 23.8. The highest BCUT2D eigenvalue weighted by Crippen LogP contribution is 2.41. The molecule has 7 nitrogen and oxygen atoms in total. The number of para-hydroxylation sites is 1. The number of aliphatic hydroxyl groups excluding tert-OH is 2. The Labute approximate surface area is 180 Å². The highest BCUT2D eigenvalue weighted by Gasteiger charge is 2.47. The number of ether oxygens (including phenoxy) is 2. The molecule has 2 aromatic carbocycles. The lowest BCUT2D eigenvalue weighted by Gasteiger charge is -2.24. The lowest BCUT2D eigenvalue weighted by Crippen LogP contribution is -2.29. The molecule has 0 saturated heterocycles. The molecule has 0 aliphatic heterocycles. The lowest BCUT2D eigenvalue weighted by atomic mass is 9.88. The summed E-state index contributed by atoms with van der Waals surface area (Å²) >= 11 is 0. The van der Waals surface area contributed by atoms with Crippen LogP contribution in [0.25, 0.3) is 0 Å². The fraction of sp³-hybridized carbons (Fsp3) is 0.333. The van der Waals surface area contributed by atoms with Crippen molar-refractivity contribution in [2.75, 3.05) is 6.61 Å². The van der Waals surface area contributed by atoms with E-state index in [4.69, 9.17) is 9.47 Å². The summed E-state index contributed by atoms with van der Waals surface area (Å²) in [5.74, 6) is -2.66. The Morgan fingerprint density at radius 2 is 1.65 bits per heavy atom. The molecule has 3 N–H and O–H groups in total. The van der Waals surface area contributed by atoms with Crippen LogP contribution < -0.4 is 4.74 Å². The summed E-state index contributed by atoms with van der Waals surface area (Å²) in [5, 5.41) is 30.4. The van der Waals surface area contributed by atoms with Gasteiger partial charge in [0.15, 0.2) is 0 Å². The lowest BCUT2D eigenvalue weighted by molar-refractivity contribution is -0.139. The number of aliphatic carboxylic acids is 1. The van der Waals surface area contributed by atoms with Crippen LogP contribution in [0.3, 0.4) is 0 Å². The molecule has 1 aliphatic rings. The van der Waals surface area contributed by atoms with Gasteiger partial charge in [0.25, 0.3) is 0 Å². The van der Waals surface area contributed by atoms with E-state index in [1.807, 2.05) is 30.3 Å². The summed E-state index contributed by atoms with van der Waals surface area (Å²) in [6.45, 7) is 0.307. The number of carbonyl (C=O) groups is 2. The van der Waals surface area contributed by atoms with Gasteiger partial charge in [0.1, 0.15) is 11.9 Å². The van der Waals surface area contributed by atoms with Crippen LogP contribution in [0.1, 0.15) is 29.6 Å². The van der Waals surface area contributed by atoms with Crippen molar-refractivity contribution < 1.29 is 34.4 Å². The second-order valence-corrected chi connectivity index (χ2v) is 7.48. The molecule has 0 aromatic heterocycles. The van der Waals surface area contributed by atoms with Gasteiger partial charge in [-0.25, -0.2) is 4.79 Å². The molecule has 0 bridgehead atoms. The first-order valence-electron chi connectivity index (χ1n) is 10.2. The fourth-order valence-electron chi connectivity index (χ4n) is 3.89. The summed E-state index contributed by atoms with van der Waals surface area (Å²) in [5.41, 5.74) is 0.345. The van der Waals surface area contributed by atoms with Crippen molar-refractivity contribution in [1.82, 2.24) is 0 Å². The smallest absolute Gasteiger partial charge is 0.338 e. The Morgan fingerprint density at radius 1 is 1.00 bits per heavy atom. The Bertz CT molecular complexity index is 895. The Hall–Kier alpha value is -3.32. The van der Waals surface area contributed by atoms with Gasteiger partial charge >= 0.3 is 11.9 Å². The first-order chi connectivity index (χ1) is 15.0. The normalized spacial score (nSPS) is 23.3. The zero-order valence-electron chi connectivity index (χ0n) is 17.0. The molecular formula is C24H26O7. The number of esters is 1. The third-order valence-corrected chi connectivity index (χ3v) is 5.33. The highest BCUT2D eigenvalue weighted by atomic mass is 16.5. The molecule has 31 heavy (non-hydrogen) atoms. The first kappa shape index (κ1) is 22.4. The van der Waals surface area contributed by atoms with E-state index < -0.39 is 36.0 Å². The number of benzene rings is 2. The minimum Gasteiger partial charge on any atom is -0.512 e. The Morgan fingerprint density at radius 3 is 2.29 bits per heavy atom. The Balaban J connectivity index is 1.70. The molecule has 4 atom stereocenters. The number of aliphatic hydroxyl groups is 2. The van der Waals surface area contributed by atoms with Crippen LogP contribution in [0.15, 0.2) is 72.5 Å². The van der Waals surface area contributed by atoms with Crippen molar-refractivity contribution in [1.29, 1.82) is 0 Å². The average Bonchev–Trinajstić information content (AvgIpc) is 3.06. The third kappa shape index (κ3) is 6.08. The van der Waals surface area contributed by atoms with Crippen molar-refractivity contribution in [3.8, 4) is 5.75 Å². The molecule has 0 unspecified atom stereocenters. The minimum atomic E-state index is -1.09. The maximum atomic E-state index is 12.5. The maximum Gasteiger partial charge on any atom is 0.338 e. The molecular weight excluding hydrogens is 400 g/mol. The van der Waals surface area contributed by atoms with Gasteiger partial charge in [-0.3, -0.25) is 4.79 Å². The number of hydrogen-bond donors (Lipinski definition) is 3. The third-order valence-electron chi connectivity index (χ3n) is 5.33. The van der Waals surface area contributed by atoms with Crippen LogP contribution in [0.4, 0.5) is 0 Å². The fourth-order valence-corrected chi connectivity index (χ4v) is 3.89. The number of rotatable bonds is 9. The number of carboxylic acids is 1. The molecule has 3 rings (SSSR count). The van der Waals surface area contributed by atoms with Crippen molar-refractivity contribution in [2.24, 2.45) is 11.8 Å². The topological polar surface area (TPSA) is 113 Å². The minimum absolute atomic E-state index is 0.0552. The van der Waals surface area contributed by atoms with E-state index in [1.165, 1.54) is 6.08 Å². The van der Waals surface area contributed by atoms with Crippen molar-refractivity contribution in [3.63, 3.8) is 0 Å². The predicted molar refractivity (Wildman–Crippen MR) is 113 cm³/mol. The van der Waals surface area contributed by atoms with E-state index >= 15 is 0 Å². The predicted octanol–water partition coefficient (Wildman–Crippen LogP) is 3.59. The molecule has 7 heteroatoms. The summed E-state index contributed by atoms with van der Waals surface area (Å²) in [7, 11) is 0. The molecule has 0 radical (unpaired) electrons. The number of hydrogen-bond acceptors (Lipinski definition) is 6. The summed E-state index contributed by atoms with van der Waals surface area (Å²) < 4.78 is 11.2. The maximum absolute atomic E-state index is 12.5. The highest BCUT2D eigenvalue weighted by molar-refractivity contribution is 5.89. The number of carboxylic acid groups (broad SMARTS) is 1. The van der Waals surface area contributed by atoms with Gasteiger partial charge < -0.3 is 24.8 Å². The van der Waals surface area contributed by atoms with Gasteiger partial charge in [0.2, 0.25) is 0 Å². The molecule has 0 heterocycles. The molecule has 164 valence electrons. The van der Waals surface area contributed by atoms with Crippen LogP contribution in [0.5, 0.6) is 5.75 Å². The van der Waals surface area contributed by atoms with Gasteiger partial charge in [-0.2, -0.15) is 0 Å². The van der Waals surface area contributed by atoms with E-state index in [2.05, 4.69) is 0 Å². The van der Waals surface area contributed by atoms with Crippen LogP contribution in [0, 0.1) is 11.8 Å². The van der Waals surface area contributed by atoms with Gasteiger partial charge in [0, 0.05) is 18.8 Å². The molecule has 1 fully saturated rings. The van der Waals surface area contributed by atoms with Gasteiger partial charge in [-0.05, 0) is 30.3 Å². The SMILES string of the molecule is O=C(O)C[C@@H]1[C@@H](C(O)=CCCOc2ccccc2)[C@H](OC(=O)c2ccccc2)C[C@@H]1O. The van der Waals surface area contributed by atoms with E-state index in [-0.39, 0.29) is 18.6 Å². The monoisotopic (exact) mass is 426 g/mol. The average molecular weight is 426 g/mol. The van der Waals surface area contributed by atoms with Crippen LogP contribution >= 0.6 is 0 Å². The van der Waals surface area contributed by atoms with Gasteiger partial charge in [-0.1, -0.05) is 36.4 Å². The van der Waals surface area contributed by atoms with Crippen molar-refractivity contribution in [2.45, 2.75) is 31.5 Å². The molecule has 2 aromatic rings. The number of carbonyl (C=O) groups excluding carboxylic acids is 1. The van der Waals surface area contributed by atoms with E-state index in [0.717, 1.165) is 0 Å². The van der Waals surface area contributed by atoms with Crippen molar-refractivity contribution in [3.05, 3.63) is 78.1 Å². The second-order valence-electron chi connectivity index (χ2n) is 7.48. The van der Waals surface area contributed by atoms with Crippen LogP contribution in [0.2, 0.25) is 0 Å². The zero-order valence-corrected chi connectivity index (χ0v) is 17.0. The quantitative estimate of drug-likeness (QED) is 0.319. The molecule has 0 amide bonds.